The van der Waals surface area contributed by atoms with Crippen LogP contribution >= 0.6 is 20.2 Å². The van der Waals surface area contributed by atoms with Crippen molar-refractivity contribution in [1.82, 2.24) is 0 Å². The normalized spacial score (nSPS) is 11.7. The molecule has 0 spiro atoms. The fourth-order valence-corrected chi connectivity index (χ4v) is 3.21. The number of hydrogen-bond donors (Lipinski definition) is 0. The van der Waals surface area contributed by atoms with E-state index in [4.69, 9.17) is 10.7 Å². The minimum atomic E-state index is -3.38. The molecule has 0 aromatic carbocycles. The number of halogens is 1. The largest absolute Gasteiger partial charge is 0.427 e. The Morgan fingerprint density at radius 3 is 1.89 bits per heavy atom. The first-order valence-corrected chi connectivity index (χ1v) is 6.30. The highest BCUT2D eigenvalue weighted by Crippen LogP contribution is 2.27. The van der Waals surface area contributed by atoms with Crippen molar-refractivity contribution in [1.29, 1.82) is 0 Å². The standard InChI is InChI=1S/C4H4ClO2S2/c5-9(6,7)8-3-1-2-4-8/h1-4H/q+1. The predicted molar refractivity (Wildman–Crippen MR) is 39.1 cm³/mol. The monoisotopic (exact) mass is 183 g/mol. The molecule has 1 heterocycles. The zero-order chi connectivity index (χ0) is 6.91. The summed E-state index contributed by atoms with van der Waals surface area (Å²) in [5.41, 5.74) is 0. The Kier molecular flexibility index (Phi) is 1.79. The van der Waals surface area contributed by atoms with Gasteiger partial charge in [-0.1, -0.05) is 0 Å². The SMILES string of the molecule is O=S(=O)(Cl)[s+]1cccc1. The first-order chi connectivity index (χ1) is 4.11. The van der Waals surface area contributed by atoms with Gasteiger partial charge < -0.3 is 0 Å². The van der Waals surface area contributed by atoms with Crippen LogP contribution in [-0.4, -0.2) is 8.42 Å². The summed E-state index contributed by atoms with van der Waals surface area (Å²) in [7, 11) is 0.777. The van der Waals surface area contributed by atoms with Crippen molar-refractivity contribution in [2.45, 2.75) is 0 Å². The van der Waals surface area contributed by atoms with E-state index in [9.17, 15) is 8.42 Å². The van der Waals surface area contributed by atoms with E-state index in [-0.39, 0.29) is 0 Å². The molecular weight excluding hydrogens is 180 g/mol. The summed E-state index contributed by atoms with van der Waals surface area (Å²) >= 11 is 0. The molecule has 1 aromatic heterocycles. The van der Waals surface area contributed by atoms with Crippen molar-refractivity contribution in [3.8, 4) is 0 Å². The third-order valence-corrected chi connectivity index (χ3v) is 5.43. The molecule has 0 radical (unpaired) electrons. The van der Waals surface area contributed by atoms with E-state index in [2.05, 4.69) is 0 Å². The van der Waals surface area contributed by atoms with Crippen LogP contribution in [0.15, 0.2) is 22.9 Å². The molecule has 0 atom stereocenters. The minimum absolute atomic E-state index is 0.868. The summed E-state index contributed by atoms with van der Waals surface area (Å²) in [6.45, 7) is 0. The summed E-state index contributed by atoms with van der Waals surface area (Å²) in [5, 5.41) is 3.12. The molecule has 0 bridgehead atoms. The lowest BCUT2D eigenvalue weighted by molar-refractivity contribution is 0.622. The van der Waals surface area contributed by atoms with E-state index in [1.165, 1.54) is 0 Å². The van der Waals surface area contributed by atoms with Crippen molar-refractivity contribution in [2.24, 2.45) is 0 Å². The molecule has 0 aliphatic rings. The van der Waals surface area contributed by atoms with Crippen molar-refractivity contribution in [2.75, 3.05) is 0 Å². The highest BCUT2D eigenvalue weighted by molar-refractivity contribution is 8.51. The molecule has 9 heavy (non-hydrogen) atoms. The van der Waals surface area contributed by atoms with Gasteiger partial charge >= 0.3 is 8.08 Å². The topological polar surface area (TPSA) is 34.1 Å². The molecule has 0 saturated heterocycles. The van der Waals surface area contributed by atoms with Gasteiger partial charge in [-0.2, -0.15) is 8.42 Å². The van der Waals surface area contributed by atoms with Crippen LogP contribution in [0, 0.1) is 0 Å². The van der Waals surface area contributed by atoms with Crippen molar-refractivity contribution in [3.63, 3.8) is 0 Å². The van der Waals surface area contributed by atoms with Crippen LogP contribution in [-0.2, 0) is 8.08 Å². The maximum atomic E-state index is 10.5. The molecule has 2 nitrogen and oxygen atoms in total. The number of thiophene rings is 1. The zero-order valence-corrected chi connectivity index (χ0v) is 6.71. The van der Waals surface area contributed by atoms with Crippen LogP contribution in [0.5, 0.6) is 0 Å². The minimum Gasteiger partial charge on any atom is -0.157 e. The summed E-state index contributed by atoms with van der Waals surface area (Å²) in [4.78, 5) is 0. The quantitative estimate of drug-likeness (QED) is 0.378. The van der Waals surface area contributed by atoms with Gasteiger partial charge in [0.05, 0.1) is 10.7 Å². The second-order valence-electron chi connectivity index (χ2n) is 1.38. The summed E-state index contributed by atoms with van der Waals surface area (Å²) in [5.74, 6) is 0. The molecule has 0 unspecified atom stereocenters. The predicted octanol–water partition coefficient (Wildman–Crippen LogP) is 1.77. The molecule has 0 aliphatic heterocycles. The summed E-state index contributed by atoms with van der Waals surface area (Å²) in [6, 6.07) is 3.34. The van der Waals surface area contributed by atoms with Gasteiger partial charge in [-0.15, -0.1) is 0 Å². The van der Waals surface area contributed by atoms with Crippen molar-refractivity contribution < 1.29 is 8.42 Å². The van der Waals surface area contributed by atoms with E-state index in [1.807, 2.05) is 0 Å². The molecular formula is C4H4ClO2S2+. The Balaban J connectivity index is 3.20. The van der Waals surface area contributed by atoms with E-state index in [0.29, 0.717) is 0 Å². The molecule has 0 amide bonds. The van der Waals surface area contributed by atoms with Crippen LogP contribution in [0.3, 0.4) is 0 Å². The first-order valence-electron chi connectivity index (χ1n) is 2.13. The number of hydrogen-bond acceptors (Lipinski definition) is 2. The van der Waals surface area contributed by atoms with Crippen LogP contribution in [0.2, 0.25) is 0 Å². The van der Waals surface area contributed by atoms with E-state index >= 15 is 0 Å². The number of rotatable bonds is 1. The van der Waals surface area contributed by atoms with E-state index < -0.39 is 17.6 Å². The van der Waals surface area contributed by atoms with E-state index in [0.717, 1.165) is 0 Å². The average Bonchev–Trinajstić information content (AvgIpc) is 2.08. The summed E-state index contributed by atoms with van der Waals surface area (Å²) < 4.78 is 21.0. The molecule has 1 rings (SSSR count). The fourth-order valence-electron chi connectivity index (χ4n) is 0.424. The van der Waals surface area contributed by atoms with Gasteiger partial charge in [0.25, 0.3) is 0 Å². The lowest BCUT2D eigenvalue weighted by atomic mass is 10.7. The van der Waals surface area contributed by atoms with Crippen LogP contribution in [0.25, 0.3) is 0 Å². The molecule has 0 fully saturated rings. The van der Waals surface area contributed by atoms with Gasteiger partial charge in [0.15, 0.2) is 10.8 Å². The molecule has 0 N–H and O–H groups in total. The van der Waals surface area contributed by atoms with Gasteiger partial charge in [0.2, 0.25) is 0 Å². The fraction of sp³-hybridized carbons (Fsp3) is 0. The second kappa shape index (κ2) is 2.28. The van der Waals surface area contributed by atoms with Gasteiger partial charge in [-0.05, 0) is 12.1 Å². The second-order valence-corrected chi connectivity index (χ2v) is 7.61. The third kappa shape index (κ3) is 1.67. The Morgan fingerprint density at radius 1 is 1.22 bits per heavy atom. The third-order valence-electron chi connectivity index (χ3n) is 0.766. The average molecular weight is 184 g/mol. The first kappa shape index (κ1) is 7.05. The highest BCUT2D eigenvalue weighted by Gasteiger charge is 2.18. The van der Waals surface area contributed by atoms with Gasteiger partial charge in [-0.3, -0.25) is 0 Å². The van der Waals surface area contributed by atoms with Gasteiger partial charge in [0, 0.05) is 0 Å². The maximum absolute atomic E-state index is 10.5. The maximum Gasteiger partial charge on any atom is 0.427 e. The lowest BCUT2D eigenvalue weighted by Gasteiger charge is -1.73. The Labute approximate surface area is 59.9 Å². The van der Waals surface area contributed by atoms with E-state index in [1.54, 1.807) is 22.9 Å². The highest BCUT2D eigenvalue weighted by atomic mass is 35.8. The van der Waals surface area contributed by atoms with Crippen LogP contribution < -0.4 is 0 Å². The zero-order valence-electron chi connectivity index (χ0n) is 4.32. The van der Waals surface area contributed by atoms with Crippen molar-refractivity contribution in [3.05, 3.63) is 22.9 Å². The molecule has 5 heteroatoms. The smallest absolute Gasteiger partial charge is 0.157 e. The molecule has 0 saturated carbocycles. The molecule has 1 aromatic rings. The lowest BCUT2D eigenvalue weighted by Crippen LogP contribution is -1.75. The Morgan fingerprint density at radius 2 is 1.67 bits per heavy atom. The molecule has 0 aliphatic carbocycles. The Hall–Kier alpha value is -0.0600. The Bertz CT molecular complexity index is 274. The van der Waals surface area contributed by atoms with Crippen LogP contribution in [0.4, 0.5) is 0 Å². The molecule has 50 valence electrons. The van der Waals surface area contributed by atoms with Gasteiger partial charge in [-0.25, -0.2) is 0 Å². The van der Waals surface area contributed by atoms with Crippen LogP contribution in [0.1, 0.15) is 0 Å². The van der Waals surface area contributed by atoms with Gasteiger partial charge in [0.1, 0.15) is 9.50 Å². The van der Waals surface area contributed by atoms with Crippen molar-refractivity contribution >= 4 is 28.3 Å². The summed E-state index contributed by atoms with van der Waals surface area (Å²) in [6.07, 6.45) is 0.